The summed E-state index contributed by atoms with van der Waals surface area (Å²) in [6.07, 6.45) is 0. The predicted octanol–water partition coefficient (Wildman–Crippen LogP) is 6.19. The Morgan fingerprint density at radius 1 is 0.893 bits per heavy atom. The van der Waals surface area contributed by atoms with E-state index in [0.717, 1.165) is 17.0 Å². The van der Waals surface area contributed by atoms with Crippen LogP contribution in [-0.2, 0) is 0 Å². The van der Waals surface area contributed by atoms with Gasteiger partial charge in [-0.3, -0.25) is 0 Å². The highest BCUT2D eigenvalue weighted by molar-refractivity contribution is 7.80. The SMILES string of the molecule is S=C(Nc1ccc(Cl)cc1)N1CC(c2ccccc2)C(c2ccc(Cl)cc2)=N1. The molecule has 4 rings (SSSR count). The van der Waals surface area contributed by atoms with Crippen molar-refractivity contribution in [1.82, 2.24) is 5.01 Å². The second-order valence-electron chi connectivity index (χ2n) is 6.47. The fourth-order valence-electron chi connectivity index (χ4n) is 3.18. The molecule has 0 saturated heterocycles. The highest BCUT2D eigenvalue weighted by Crippen LogP contribution is 2.30. The van der Waals surface area contributed by atoms with Gasteiger partial charge < -0.3 is 5.32 Å². The zero-order valence-electron chi connectivity index (χ0n) is 14.8. The molecule has 1 atom stereocenters. The second kappa shape index (κ2) is 8.31. The van der Waals surface area contributed by atoms with Crippen LogP contribution >= 0.6 is 35.4 Å². The number of halogens is 2. The van der Waals surface area contributed by atoms with E-state index in [1.165, 1.54) is 5.56 Å². The van der Waals surface area contributed by atoms with Gasteiger partial charge in [-0.1, -0.05) is 65.7 Å². The lowest BCUT2D eigenvalue weighted by Crippen LogP contribution is -2.29. The molecule has 3 aromatic rings. The average molecular weight is 426 g/mol. The number of nitrogens with zero attached hydrogens (tertiary/aromatic N) is 2. The molecule has 0 aliphatic carbocycles. The molecule has 3 nitrogen and oxygen atoms in total. The summed E-state index contributed by atoms with van der Waals surface area (Å²) in [6.45, 7) is 0.668. The first-order valence-electron chi connectivity index (χ1n) is 8.83. The van der Waals surface area contributed by atoms with Crippen LogP contribution < -0.4 is 5.32 Å². The summed E-state index contributed by atoms with van der Waals surface area (Å²) in [5.74, 6) is 0.118. The minimum Gasteiger partial charge on any atom is -0.331 e. The summed E-state index contributed by atoms with van der Waals surface area (Å²) in [7, 11) is 0. The summed E-state index contributed by atoms with van der Waals surface area (Å²) >= 11 is 17.6. The molecule has 1 heterocycles. The van der Waals surface area contributed by atoms with E-state index in [2.05, 4.69) is 17.4 Å². The van der Waals surface area contributed by atoms with Crippen molar-refractivity contribution in [3.05, 3.63) is 100 Å². The number of anilines is 1. The fourth-order valence-corrected chi connectivity index (χ4v) is 3.66. The first kappa shape index (κ1) is 18.9. The van der Waals surface area contributed by atoms with Crippen molar-refractivity contribution in [3.63, 3.8) is 0 Å². The zero-order chi connectivity index (χ0) is 19.5. The van der Waals surface area contributed by atoms with Crippen molar-refractivity contribution in [2.75, 3.05) is 11.9 Å². The van der Waals surface area contributed by atoms with E-state index >= 15 is 0 Å². The van der Waals surface area contributed by atoms with Gasteiger partial charge in [0.15, 0.2) is 5.11 Å². The third-order valence-electron chi connectivity index (χ3n) is 4.59. The molecular weight excluding hydrogens is 409 g/mol. The molecule has 0 spiro atoms. The van der Waals surface area contributed by atoms with Crippen molar-refractivity contribution in [1.29, 1.82) is 0 Å². The third kappa shape index (κ3) is 4.20. The lowest BCUT2D eigenvalue weighted by Gasteiger charge is -2.18. The Labute approximate surface area is 179 Å². The quantitative estimate of drug-likeness (QED) is 0.506. The second-order valence-corrected chi connectivity index (χ2v) is 7.73. The van der Waals surface area contributed by atoms with E-state index in [4.69, 9.17) is 40.5 Å². The molecule has 0 bridgehead atoms. The van der Waals surface area contributed by atoms with Crippen LogP contribution in [0, 0.1) is 0 Å². The zero-order valence-corrected chi connectivity index (χ0v) is 17.2. The highest BCUT2D eigenvalue weighted by atomic mass is 35.5. The maximum Gasteiger partial charge on any atom is 0.194 e. The van der Waals surface area contributed by atoms with Crippen molar-refractivity contribution in [2.24, 2.45) is 5.10 Å². The van der Waals surface area contributed by atoms with Crippen molar-refractivity contribution in [3.8, 4) is 0 Å². The summed E-state index contributed by atoms with van der Waals surface area (Å²) in [4.78, 5) is 0. The Kier molecular flexibility index (Phi) is 5.62. The number of benzene rings is 3. The van der Waals surface area contributed by atoms with E-state index < -0.39 is 0 Å². The van der Waals surface area contributed by atoms with Crippen molar-refractivity contribution < 1.29 is 0 Å². The summed E-state index contributed by atoms with van der Waals surface area (Å²) in [5, 5.41) is 11.8. The van der Waals surface area contributed by atoms with Crippen LogP contribution in [0.1, 0.15) is 17.0 Å². The van der Waals surface area contributed by atoms with Crippen molar-refractivity contribution in [2.45, 2.75) is 5.92 Å². The molecule has 28 heavy (non-hydrogen) atoms. The number of rotatable bonds is 3. The van der Waals surface area contributed by atoms with Crippen LogP contribution in [0.3, 0.4) is 0 Å². The molecule has 1 N–H and O–H groups in total. The topological polar surface area (TPSA) is 27.6 Å². The van der Waals surface area contributed by atoms with Gasteiger partial charge in [-0.25, -0.2) is 5.01 Å². The molecule has 0 radical (unpaired) electrons. The first-order chi connectivity index (χ1) is 13.6. The standard InChI is InChI=1S/C22H17Cl2N3S/c23-17-8-6-16(7-9-17)21-20(15-4-2-1-3-5-15)14-27(26-21)22(28)25-19-12-10-18(24)11-13-19/h1-13,20H,14H2,(H,25,28). The number of thiocarbonyl (C=S) groups is 1. The Hall–Kier alpha value is -2.40. The first-order valence-corrected chi connectivity index (χ1v) is 10.00. The predicted molar refractivity (Wildman–Crippen MR) is 122 cm³/mol. The molecule has 0 saturated carbocycles. The molecule has 3 aromatic carbocycles. The van der Waals surface area contributed by atoms with Gasteiger partial charge in [0.05, 0.1) is 12.3 Å². The number of hydrazone groups is 1. The molecule has 1 unspecified atom stereocenters. The van der Waals surface area contributed by atoms with E-state index in [1.54, 1.807) is 0 Å². The van der Waals surface area contributed by atoms with Crippen LogP contribution in [-0.4, -0.2) is 22.4 Å². The number of hydrogen-bond donors (Lipinski definition) is 1. The van der Waals surface area contributed by atoms with E-state index in [9.17, 15) is 0 Å². The molecule has 1 aliphatic heterocycles. The monoisotopic (exact) mass is 425 g/mol. The molecule has 1 aliphatic rings. The Morgan fingerprint density at radius 2 is 1.50 bits per heavy atom. The fraction of sp³-hybridized carbons (Fsp3) is 0.0909. The highest BCUT2D eigenvalue weighted by Gasteiger charge is 2.30. The van der Waals surface area contributed by atoms with E-state index in [0.29, 0.717) is 21.7 Å². The third-order valence-corrected chi connectivity index (χ3v) is 5.40. The lowest BCUT2D eigenvalue weighted by atomic mass is 9.91. The Morgan fingerprint density at radius 3 is 2.14 bits per heavy atom. The lowest BCUT2D eigenvalue weighted by molar-refractivity contribution is 0.482. The van der Waals surface area contributed by atoms with Crippen LogP contribution in [0.2, 0.25) is 10.0 Å². The largest absolute Gasteiger partial charge is 0.331 e. The minimum absolute atomic E-state index is 0.118. The maximum absolute atomic E-state index is 6.06. The van der Waals surface area contributed by atoms with E-state index in [-0.39, 0.29) is 5.92 Å². The van der Waals surface area contributed by atoms with Crippen LogP contribution in [0.4, 0.5) is 5.69 Å². The molecule has 0 fully saturated rings. The van der Waals surface area contributed by atoms with Crippen LogP contribution in [0.15, 0.2) is 84.0 Å². The number of nitrogens with one attached hydrogen (secondary N) is 1. The smallest absolute Gasteiger partial charge is 0.194 e. The Balaban J connectivity index is 1.62. The molecule has 0 amide bonds. The Bertz CT molecular complexity index is 1000. The van der Waals surface area contributed by atoms with Crippen molar-refractivity contribution >= 4 is 51.9 Å². The molecule has 0 aromatic heterocycles. The molecule has 6 heteroatoms. The van der Waals surface area contributed by atoms with Gasteiger partial charge in [-0.05, 0) is 59.7 Å². The van der Waals surface area contributed by atoms with Gasteiger partial charge in [0.2, 0.25) is 0 Å². The summed E-state index contributed by atoms with van der Waals surface area (Å²) < 4.78 is 0. The van der Waals surface area contributed by atoms with Crippen LogP contribution in [0.25, 0.3) is 0 Å². The van der Waals surface area contributed by atoms with E-state index in [1.807, 2.05) is 71.7 Å². The van der Waals surface area contributed by atoms with Gasteiger partial charge >= 0.3 is 0 Å². The van der Waals surface area contributed by atoms with Gasteiger partial charge in [-0.2, -0.15) is 5.10 Å². The molecule has 140 valence electrons. The molecular formula is C22H17Cl2N3S. The minimum atomic E-state index is 0.118. The van der Waals surface area contributed by atoms with Gasteiger partial charge in [0.25, 0.3) is 0 Å². The summed E-state index contributed by atoms with van der Waals surface area (Å²) in [6, 6.07) is 25.5. The van der Waals surface area contributed by atoms with Gasteiger partial charge in [0, 0.05) is 21.7 Å². The van der Waals surface area contributed by atoms with Crippen LogP contribution in [0.5, 0.6) is 0 Å². The van der Waals surface area contributed by atoms with Gasteiger partial charge in [0.1, 0.15) is 0 Å². The average Bonchev–Trinajstić information content (AvgIpc) is 3.16. The maximum atomic E-state index is 6.06. The summed E-state index contributed by atoms with van der Waals surface area (Å²) in [5.41, 5.74) is 4.09. The normalized spacial score (nSPS) is 16.0. The number of hydrogen-bond acceptors (Lipinski definition) is 2. The van der Waals surface area contributed by atoms with Gasteiger partial charge in [-0.15, -0.1) is 0 Å².